The van der Waals surface area contributed by atoms with Crippen molar-refractivity contribution in [3.05, 3.63) is 41.6 Å². The molecule has 1 fully saturated rings. The van der Waals surface area contributed by atoms with Crippen LogP contribution in [-0.2, 0) is 12.8 Å². The van der Waals surface area contributed by atoms with Crippen LogP contribution >= 0.6 is 0 Å². The Labute approximate surface area is 124 Å². The van der Waals surface area contributed by atoms with Crippen LogP contribution in [0.15, 0.2) is 28.7 Å². The molecule has 1 aliphatic rings. The van der Waals surface area contributed by atoms with Gasteiger partial charge in [-0.3, -0.25) is 0 Å². The van der Waals surface area contributed by atoms with Gasteiger partial charge < -0.3 is 14.5 Å². The quantitative estimate of drug-likeness (QED) is 0.755. The molecule has 1 heterocycles. The molecule has 0 saturated heterocycles. The molecule has 112 valence electrons. The lowest BCUT2D eigenvalue weighted by molar-refractivity contribution is 0.414. The maximum Gasteiger partial charge on any atom is 0.220 e. The minimum Gasteiger partial charge on any atom is -0.497 e. The van der Waals surface area contributed by atoms with E-state index in [9.17, 15) is 0 Å². The van der Waals surface area contributed by atoms with Crippen LogP contribution in [0.2, 0.25) is 0 Å². The zero-order chi connectivity index (χ0) is 14.5. The van der Waals surface area contributed by atoms with E-state index in [1.165, 1.54) is 12.8 Å². The zero-order valence-corrected chi connectivity index (χ0v) is 12.3. The number of methoxy groups -OCH3 is 1. The molecule has 0 bridgehead atoms. The first-order chi connectivity index (χ1) is 10.3. The van der Waals surface area contributed by atoms with Gasteiger partial charge >= 0.3 is 0 Å². The smallest absolute Gasteiger partial charge is 0.220 e. The molecule has 2 aromatic rings. The Balaban J connectivity index is 1.46. The number of rotatable bonds is 8. The number of aryl methyl sites for hydroxylation is 1. The normalized spacial score (nSPS) is 14.3. The fraction of sp³-hybridized carbons (Fsp3) is 0.500. The molecule has 5 nitrogen and oxygen atoms in total. The summed E-state index contributed by atoms with van der Waals surface area (Å²) in [6.45, 7) is 1.03. The Morgan fingerprint density at radius 3 is 2.67 bits per heavy atom. The molecule has 0 aliphatic heterocycles. The van der Waals surface area contributed by atoms with Gasteiger partial charge in [0.1, 0.15) is 5.75 Å². The van der Waals surface area contributed by atoms with Crippen molar-refractivity contribution in [2.24, 2.45) is 0 Å². The summed E-state index contributed by atoms with van der Waals surface area (Å²) in [4.78, 5) is 0. The molecule has 3 rings (SSSR count). The second-order valence-electron chi connectivity index (χ2n) is 5.45. The minimum atomic E-state index is 0.664. The number of nitrogens with zero attached hydrogens (tertiary/aromatic N) is 2. The topological polar surface area (TPSA) is 60.2 Å². The van der Waals surface area contributed by atoms with E-state index in [0.29, 0.717) is 12.3 Å². The second-order valence-corrected chi connectivity index (χ2v) is 5.45. The highest BCUT2D eigenvalue weighted by Gasteiger charge is 2.19. The molecule has 0 amide bonds. The molecule has 0 radical (unpaired) electrons. The van der Waals surface area contributed by atoms with E-state index in [4.69, 9.17) is 9.15 Å². The van der Waals surface area contributed by atoms with E-state index < -0.39 is 0 Å². The molecule has 1 aromatic heterocycles. The van der Waals surface area contributed by atoms with E-state index in [2.05, 4.69) is 15.5 Å². The third kappa shape index (κ3) is 4.29. The van der Waals surface area contributed by atoms with Gasteiger partial charge in [0.2, 0.25) is 11.8 Å². The number of hydrogen-bond donors (Lipinski definition) is 1. The first kappa shape index (κ1) is 14.1. The molecule has 1 saturated carbocycles. The maximum absolute atomic E-state index is 5.69. The summed E-state index contributed by atoms with van der Waals surface area (Å²) < 4.78 is 10.8. The van der Waals surface area contributed by atoms with E-state index in [1.807, 2.05) is 24.3 Å². The summed E-state index contributed by atoms with van der Waals surface area (Å²) in [6, 6.07) is 8.68. The van der Waals surface area contributed by atoms with Crippen molar-refractivity contribution in [1.82, 2.24) is 15.5 Å². The fourth-order valence-corrected chi connectivity index (χ4v) is 2.21. The van der Waals surface area contributed by atoms with Gasteiger partial charge in [-0.15, -0.1) is 10.2 Å². The van der Waals surface area contributed by atoms with Crippen molar-refractivity contribution in [2.75, 3.05) is 13.7 Å². The molecule has 0 unspecified atom stereocenters. The van der Waals surface area contributed by atoms with Gasteiger partial charge in [-0.1, -0.05) is 12.1 Å². The Morgan fingerprint density at radius 2 is 1.95 bits per heavy atom. The van der Waals surface area contributed by atoms with Crippen LogP contribution in [0.3, 0.4) is 0 Å². The predicted octanol–water partition coefficient (Wildman–Crippen LogP) is 2.35. The zero-order valence-electron chi connectivity index (χ0n) is 12.3. The molecule has 0 spiro atoms. The third-order valence-corrected chi connectivity index (χ3v) is 3.60. The number of ether oxygens (including phenoxy) is 1. The van der Waals surface area contributed by atoms with Crippen LogP contribution in [0.4, 0.5) is 0 Å². The predicted molar refractivity (Wildman–Crippen MR) is 79.4 cm³/mol. The van der Waals surface area contributed by atoms with Crippen LogP contribution in [0.5, 0.6) is 5.75 Å². The molecule has 1 aliphatic carbocycles. The third-order valence-electron chi connectivity index (χ3n) is 3.60. The number of hydrogen-bond acceptors (Lipinski definition) is 5. The minimum absolute atomic E-state index is 0.664. The number of aromatic nitrogens is 2. The summed E-state index contributed by atoms with van der Waals surface area (Å²) in [7, 11) is 1.66. The van der Waals surface area contributed by atoms with Crippen LogP contribution in [0.1, 0.15) is 36.6 Å². The first-order valence-electron chi connectivity index (χ1n) is 7.51. The van der Waals surface area contributed by atoms with E-state index in [-0.39, 0.29) is 0 Å². The lowest BCUT2D eigenvalue weighted by Crippen LogP contribution is -2.17. The SMILES string of the molecule is COc1ccc(Cc2nnc(CCCNC3CC3)o2)cc1. The molecule has 21 heavy (non-hydrogen) atoms. The Kier molecular flexibility index (Phi) is 4.50. The van der Waals surface area contributed by atoms with Gasteiger partial charge in [0.05, 0.1) is 13.5 Å². The average Bonchev–Trinajstić information content (AvgIpc) is 3.24. The lowest BCUT2D eigenvalue weighted by atomic mass is 10.1. The summed E-state index contributed by atoms with van der Waals surface area (Å²) in [5.41, 5.74) is 1.14. The molecule has 1 aromatic carbocycles. The van der Waals surface area contributed by atoms with Gasteiger partial charge in [-0.2, -0.15) is 0 Å². The summed E-state index contributed by atoms with van der Waals surface area (Å²) >= 11 is 0. The van der Waals surface area contributed by atoms with Gasteiger partial charge in [0, 0.05) is 12.5 Å². The monoisotopic (exact) mass is 287 g/mol. The Bertz CT molecular complexity index is 561. The highest BCUT2D eigenvalue weighted by atomic mass is 16.5. The number of nitrogens with one attached hydrogen (secondary N) is 1. The summed E-state index contributed by atoms with van der Waals surface area (Å²) in [5.74, 6) is 2.26. The van der Waals surface area contributed by atoms with Gasteiger partial charge in [0.25, 0.3) is 0 Å². The van der Waals surface area contributed by atoms with Crippen LogP contribution < -0.4 is 10.1 Å². The van der Waals surface area contributed by atoms with Crippen molar-refractivity contribution in [3.63, 3.8) is 0 Å². The molecule has 5 heteroatoms. The average molecular weight is 287 g/mol. The first-order valence-corrected chi connectivity index (χ1v) is 7.51. The van der Waals surface area contributed by atoms with Crippen molar-refractivity contribution in [1.29, 1.82) is 0 Å². The standard InChI is InChI=1S/C16H21N3O2/c1-20-14-8-4-12(5-9-14)11-16-19-18-15(21-16)3-2-10-17-13-6-7-13/h4-5,8-9,13,17H,2-3,6-7,10-11H2,1H3. The highest BCUT2D eigenvalue weighted by Crippen LogP contribution is 2.18. The largest absolute Gasteiger partial charge is 0.497 e. The lowest BCUT2D eigenvalue weighted by Gasteiger charge is -2.01. The Hall–Kier alpha value is -1.88. The second kappa shape index (κ2) is 6.72. The van der Waals surface area contributed by atoms with E-state index in [0.717, 1.165) is 42.6 Å². The van der Waals surface area contributed by atoms with Crippen LogP contribution in [-0.4, -0.2) is 29.9 Å². The van der Waals surface area contributed by atoms with Crippen molar-refractivity contribution in [3.8, 4) is 5.75 Å². The van der Waals surface area contributed by atoms with E-state index in [1.54, 1.807) is 7.11 Å². The molecular formula is C16H21N3O2. The molecule has 1 N–H and O–H groups in total. The van der Waals surface area contributed by atoms with Gasteiger partial charge in [-0.25, -0.2) is 0 Å². The van der Waals surface area contributed by atoms with E-state index >= 15 is 0 Å². The number of benzene rings is 1. The fourth-order valence-electron chi connectivity index (χ4n) is 2.21. The van der Waals surface area contributed by atoms with Crippen molar-refractivity contribution >= 4 is 0 Å². The van der Waals surface area contributed by atoms with Crippen LogP contribution in [0, 0.1) is 0 Å². The molecular weight excluding hydrogens is 266 g/mol. The maximum atomic E-state index is 5.69. The van der Waals surface area contributed by atoms with Crippen molar-refractivity contribution in [2.45, 2.75) is 38.1 Å². The summed E-state index contributed by atoms with van der Waals surface area (Å²) in [6.07, 6.45) is 5.20. The summed E-state index contributed by atoms with van der Waals surface area (Å²) in [5, 5.41) is 11.7. The van der Waals surface area contributed by atoms with Gasteiger partial charge in [-0.05, 0) is 43.5 Å². The van der Waals surface area contributed by atoms with Gasteiger partial charge in [0.15, 0.2) is 0 Å². The Morgan fingerprint density at radius 1 is 1.19 bits per heavy atom. The highest BCUT2D eigenvalue weighted by molar-refractivity contribution is 5.28. The van der Waals surface area contributed by atoms with Crippen LogP contribution in [0.25, 0.3) is 0 Å². The van der Waals surface area contributed by atoms with Crippen molar-refractivity contribution < 1.29 is 9.15 Å². The molecule has 0 atom stereocenters.